The Labute approximate surface area is 116 Å². The maximum atomic E-state index is 13.8. The minimum absolute atomic E-state index is 0.0116. The van der Waals surface area contributed by atoms with Gasteiger partial charge in [-0.3, -0.25) is 0 Å². The number of rotatable bonds is 7. The SMILES string of the molecule is CCCNC(c1ccc(C)c(F)c1)C(C)(C)OCC. The molecule has 0 aromatic heterocycles. The average Bonchev–Trinajstić information content (AvgIpc) is 2.33. The number of hydrogen-bond acceptors (Lipinski definition) is 2. The van der Waals surface area contributed by atoms with E-state index < -0.39 is 0 Å². The molecule has 0 bridgehead atoms. The van der Waals surface area contributed by atoms with Gasteiger partial charge in [0.1, 0.15) is 5.82 Å². The van der Waals surface area contributed by atoms with E-state index in [-0.39, 0.29) is 17.5 Å². The lowest BCUT2D eigenvalue weighted by Gasteiger charge is -2.35. The van der Waals surface area contributed by atoms with E-state index in [2.05, 4.69) is 12.2 Å². The first kappa shape index (κ1) is 16.1. The van der Waals surface area contributed by atoms with Gasteiger partial charge in [-0.15, -0.1) is 0 Å². The largest absolute Gasteiger partial charge is 0.374 e. The fourth-order valence-corrected chi connectivity index (χ4v) is 2.30. The van der Waals surface area contributed by atoms with Crippen LogP contribution >= 0.6 is 0 Å². The lowest BCUT2D eigenvalue weighted by Crippen LogP contribution is -2.42. The quantitative estimate of drug-likeness (QED) is 0.806. The first-order valence-corrected chi connectivity index (χ1v) is 7.05. The monoisotopic (exact) mass is 267 g/mol. The molecule has 0 aliphatic heterocycles. The van der Waals surface area contributed by atoms with Crippen molar-refractivity contribution >= 4 is 0 Å². The van der Waals surface area contributed by atoms with Gasteiger partial charge in [0, 0.05) is 6.61 Å². The lowest BCUT2D eigenvalue weighted by molar-refractivity contribution is -0.0392. The Morgan fingerprint density at radius 2 is 2.00 bits per heavy atom. The molecule has 3 heteroatoms. The number of aryl methyl sites for hydroxylation is 1. The number of halogens is 1. The summed E-state index contributed by atoms with van der Waals surface area (Å²) in [6.45, 7) is 11.5. The van der Waals surface area contributed by atoms with E-state index >= 15 is 0 Å². The van der Waals surface area contributed by atoms with E-state index in [0.717, 1.165) is 18.5 Å². The summed E-state index contributed by atoms with van der Waals surface area (Å²) >= 11 is 0. The minimum atomic E-state index is -0.369. The lowest BCUT2D eigenvalue weighted by atomic mass is 9.90. The standard InChI is InChI=1S/C16H26FNO/c1-6-10-18-15(16(4,5)19-7-2)13-9-8-12(3)14(17)11-13/h8-9,11,15,18H,6-7,10H2,1-5H3. The third-order valence-electron chi connectivity index (χ3n) is 3.34. The van der Waals surface area contributed by atoms with E-state index in [1.807, 2.05) is 32.9 Å². The highest BCUT2D eigenvalue weighted by molar-refractivity contribution is 5.27. The summed E-state index contributed by atoms with van der Waals surface area (Å²) in [4.78, 5) is 0. The molecule has 1 rings (SSSR count). The van der Waals surface area contributed by atoms with Gasteiger partial charge in [0.2, 0.25) is 0 Å². The Balaban J connectivity index is 3.04. The normalized spacial score (nSPS) is 13.6. The molecule has 0 spiro atoms. The van der Waals surface area contributed by atoms with Crippen LogP contribution in [0.25, 0.3) is 0 Å². The Kier molecular flexibility index (Phi) is 5.95. The van der Waals surface area contributed by atoms with Crippen molar-refractivity contribution in [3.05, 3.63) is 35.1 Å². The molecule has 0 saturated carbocycles. The molecular formula is C16H26FNO. The maximum Gasteiger partial charge on any atom is 0.126 e. The second-order valence-corrected chi connectivity index (χ2v) is 5.43. The van der Waals surface area contributed by atoms with Crippen molar-refractivity contribution in [2.24, 2.45) is 0 Å². The Hall–Kier alpha value is -0.930. The van der Waals surface area contributed by atoms with Crippen LogP contribution in [-0.2, 0) is 4.74 Å². The van der Waals surface area contributed by atoms with E-state index in [9.17, 15) is 4.39 Å². The van der Waals surface area contributed by atoms with E-state index in [0.29, 0.717) is 12.2 Å². The van der Waals surface area contributed by atoms with Crippen LogP contribution < -0.4 is 5.32 Å². The van der Waals surface area contributed by atoms with Crippen LogP contribution in [0.1, 0.15) is 51.3 Å². The molecular weight excluding hydrogens is 241 g/mol. The highest BCUT2D eigenvalue weighted by Crippen LogP contribution is 2.30. The third kappa shape index (κ3) is 4.29. The molecule has 1 unspecified atom stereocenters. The van der Waals surface area contributed by atoms with Gasteiger partial charge in [-0.25, -0.2) is 4.39 Å². The van der Waals surface area contributed by atoms with E-state index in [4.69, 9.17) is 4.74 Å². The van der Waals surface area contributed by atoms with Crippen molar-refractivity contribution in [2.45, 2.75) is 52.7 Å². The van der Waals surface area contributed by atoms with Crippen LogP contribution in [0.2, 0.25) is 0 Å². The van der Waals surface area contributed by atoms with Crippen molar-refractivity contribution in [2.75, 3.05) is 13.2 Å². The molecule has 1 aromatic carbocycles. The second-order valence-electron chi connectivity index (χ2n) is 5.43. The highest BCUT2D eigenvalue weighted by atomic mass is 19.1. The van der Waals surface area contributed by atoms with Crippen LogP contribution in [0.3, 0.4) is 0 Å². The van der Waals surface area contributed by atoms with Crippen LogP contribution in [-0.4, -0.2) is 18.8 Å². The molecule has 0 saturated heterocycles. The number of ether oxygens (including phenoxy) is 1. The van der Waals surface area contributed by atoms with Crippen molar-refractivity contribution in [3.63, 3.8) is 0 Å². The van der Waals surface area contributed by atoms with Gasteiger partial charge in [-0.1, -0.05) is 19.1 Å². The summed E-state index contributed by atoms with van der Waals surface area (Å²) in [5.41, 5.74) is 1.24. The maximum absolute atomic E-state index is 13.8. The summed E-state index contributed by atoms with van der Waals surface area (Å²) in [6.07, 6.45) is 1.03. The van der Waals surface area contributed by atoms with Gasteiger partial charge in [0.05, 0.1) is 11.6 Å². The molecule has 0 aliphatic rings. The second kappa shape index (κ2) is 7.01. The molecule has 108 valence electrons. The summed E-state index contributed by atoms with van der Waals surface area (Å²) < 4.78 is 19.6. The van der Waals surface area contributed by atoms with Crippen LogP contribution in [0, 0.1) is 12.7 Å². The smallest absolute Gasteiger partial charge is 0.126 e. The zero-order chi connectivity index (χ0) is 14.5. The van der Waals surface area contributed by atoms with Crippen molar-refractivity contribution in [1.82, 2.24) is 5.32 Å². The molecule has 0 fully saturated rings. The topological polar surface area (TPSA) is 21.3 Å². The Morgan fingerprint density at radius 3 is 2.53 bits per heavy atom. The molecule has 0 heterocycles. The minimum Gasteiger partial charge on any atom is -0.374 e. The molecule has 0 radical (unpaired) electrons. The molecule has 0 amide bonds. The molecule has 0 aliphatic carbocycles. The predicted octanol–water partition coefficient (Wildman–Crippen LogP) is 3.99. The van der Waals surface area contributed by atoms with Crippen LogP contribution in [0.5, 0.6) is 0 Å². The Morgan fingerprint density at radius 1 is 1.32 bits per heavy atom. The van der Waals surface area contributed by atoms with Crippen LogP contribution in [0.15, 0.2) is 18.2 Å². The summed E-state index contributed by atoms with van der Waals surface area (Å²) in [7, 11) is 0. The molecule has 1 N–H and O–H groups in total. The fourth-order valence-electron chi connectivity index (χ4n) is 2.30. The fraction of sp³-hybridized carbons (Fsp3) is 0.625. The zero-order valence-electron chi connectivity index (χ0n) is 12.7. The number of nitrogens with one attached hydrogen (secondary N) is 1. The Bertz CT molecular complexity index is 404. The molecule has 1 atom stereocenters. The number of hydrogen-bond donors (Lipinski definition) is 1. The van der Waals surface area contributed by atoms with Gasteiger partial charge in [-0.2, -0.15) is 0 Å². The van der Waals surface area contributed by atoms with Gasteiger partial charge >= 0.3 is 0 Å². The summed E-state index contributed by atoms with van der Waals surface area (Å²) in [5.74, 6) is -0.159. The van der Waals surface area contributed by atoms with E-state index in [1.165, 1.54) is 0 Å². The van der Waals surface area contributed by atoms with Crippen LogP contribution in [0.4, 0.5) is 4.39 Å². The van der Waals surface area contributed by atoms with Gasteiger partial charge in [0.15, 0.2) is 0 Å². The summed E-state index contributed by atoms with van der Waals surface area (Å²) in [5, 5.41) is 3.47. The van der Waals surface area contributed by atoms with E-state index in [1.54, 1.807) is 13.0 Å². The first-order valence-electron chi connectivity index (χ1n) is 7.05. The average molecular weight is 267 g/mol. The van der Waals surface area contributed by atoms with Gasteiger partial charge in [0.25, 0.3) is 0 Å². The molecule has 1 aromatic rings. The molecule has 2 nitrogen and oxygen atoms in total. The molecule has 19 heavy (non-hydrogen) atoms. The number of benzene rings is 1. The highest BCUT2D eigenvalue weighted by Gasteiger charge is 2.31. The van der Waals surface area contributed by atoms with Gasteiger partial charge in [-0.05, 0) is 57.9 Å². The third-order valence-corrected chi connectivity index (χ3v) is 3.34. The summed E-state index contributed by atoms with van der Waals surface area (Å²) in [6, 6.07) is 5.41. The zero-order valence-corrected chi connectivity index (χ0v) is 12.7. The predicted molar refractivity (Wildman–Crippen MR) is 77.9 cm³/mol. The van der Waals surface area contributed by atoms with Crippen molar-refractivity contribution < 1.29 is 9.13 Å². The first-order chi connectivity index (χ1) is 8.92. The van der Waals surface area contributed by atoms with Gasteiger partial charge < -0.3 is 10.1 Å². The van der Waals surface area contributed by atoms with Crippen molar-refractivity contribution in [3.8, 4) is 0 Å². The van der Waals surface area contributed by atoms with Crippen molar-refractivity contribution in [1.29, 1.82) is 0 Å².